The largest absolute Gasteiger partial charge is 0.507 e. The number of likely N-dealkylation sites (N-methyl/N-ethyl adjacent to an activating group) is 1. The van der Waals surface area contributed by atoms with E-state index in [2.05, 4.69) is 63.1 Å². The number of aromatic nitrogens is 5. The zero-order valence-electron chi connectivity index (χ0n) is 20.7. The van der Waals surface area contributed by atoms with Gasteiger partial charge in [-0.3, -0.25) is 4.40 Å². The Morgan fingerprint density at radius 2 is 1.92 bits per heavy atom. The third-order valence-electron chi connectivity index (χ3n) is 7.48. The molecule has 37 heavy (non-hydrogen) atoms. The van der Waals surface area contributed by atoms with Crippen LogP contribution in [0.2, 0.25) is 0 Å². The van der Waals surface area contributed by atoms with Gasteiger partial charge in [0.2, 0.25) is 6.33 Å². The van der Waals surface area contributed by atoms with Crippen LogP contribution in [0.25, 0.3) is 49.4 Å². The monoisotopic (exact) mass is 491 g/mol. The molecule has 7 aromatic rings. The summed E-state index contributed by atoms with van der Waals surface area (Å²) in [5, 5.41) is 25.6. The summed E-state index contributed by atoms with van der Waals surface area (Å²) in [6.45, 7) is 4.85. The SMILES string of the molecule is CCN(CCn1cc[n+](C)c1)c1ccc(-c2c(O)c3[nH]cc4c(O)cc5cc6nccn6c2c5c43)cc1. The van der Waals surface area contributed by atoms with Gasteiger partial charge in [-0.25, -0.2) is 14.1 Å². The van der Waals surface area contributed by atoms with Gasteiger partial charge in [-0.05, 0) is 42.1 Å². The molecular formula is C29H27N6O2+. The molecule has 0 amide bonds. The van der Waals surface area contributed by atoms with E-state index in [9.17, 15) is 10.2 Å². The number of phenolic OH excluding ortho intramolecular Hbond substituents is 2. The average Bonchev–Trinajstić information content (AvgIpc) is 3.64. The van der Waals surface area contributed by atoms with Crippen molar-refractivity contribution in [3.63, 3.8) is 0 Å². The molecule has 0 fully saturated rings. The lowest BCUT2D eigenvalue weighted by Gasteiger charge is -2.23. The number of H-pyrrole nitrogens is 1. The summed E-state index contributed by atoms with van der Waals surface area (Å²) in [5.41, 5.74) is 5.05. The Kier molecular flexibility index (Phi) is 4.60. The summed E-state index contributed by atoms with van der Waals surface area (Å²) < 4.78 is 6.25. The van der Waals surface area contributed by atoms with Crippen LogP contribution in [-0.2, 0) is 13.6 Å². The molecule has 3 aromatic carbocycles. The number of rotatable bonds is 6. The van der Waals surface area contributed by atoms with Gasteiger partial charge >= 0.3 is 0 Å². The van der Waals surface area contributed by atoms with Crippen LogP contribution in [-0.4, -0.2) is 42.2 Å². The van der Waals surface area contributed by atoms with Crippen molar-refractivity contribution in [1.29, 1.82) is 0 Å². The number of nitrogens with zero attached hydrogens (tertiary/aromatic N) is 5. The van der Waals surface area contributed by atoms with Gasteiger partial charge in [0.15, 0.2) is 0 Å². The van der Waals surface area contributed by atoms with Crippen LogP contribution < -0.4 is 9.47 Å². The van der Waals surface area contributed by atoms with Crippen molar-refractivity contribution in [2.45, 2.75) is 13.5 Å². The number of aromatic amines is 1. The summed E-state index contributed by atoms with van der Waals surface area (Å²) in [5.74, 6) is 0.344. The first-order chi connectivity index (χ1) is 18.0. The van der Waals surface area contributed by atoms with Crippen LogP contribution in [0.1, 0.15) is 6.92 Å². The molecule has 0 atom stereocenters. The van der Waals surface area contributed by atoms with Crippen molar-refractivity contribution < 1.29 is 14.8 Å². The van der Waals surface area contributed by atoms with Crippen molar-refractivity contribution in [2.24, 2.45) is 7.05 Å². The molecule has 3 N–H and O–H groups in total. The fraction of sp³-hybridized carbons (Fsp3) is 0.172. The van der Waals surface area contributed by atoms with Crippen LogP contribution in [0.3, 0.4) is 0 Å². The molecule has 0 saturated heterocycles. The van der Waals surface area contributed by atoms with E-state index in [4.69, 9.17) is 0 Å². The third kappa shape index (κ3) is 3.15. The number of benzene rings is 3. The maximum Gasteiger partial charge on any atom is 0.243 e. The summed E-state index contributed by atoms with van der Waals surface area (Å²) >= 11 is 0. The summed E-state index contributed by atoms with van der Waals surface area (Å²) in [6.07, 6.45) is 11.7. The van der Waals surface area contributed by atoms with E-state index in [1.54, 1.807) is 18.5 Å². The van der Waals surface area contributed by atoms with Crippen LogP contribution in [0.5, 0.6) is 11.5 Å². The highest BCUT2D eigenvalue weighted by Crippen LogP contribution is 2.48. The fourth-order valence-electron chi connectivity index (χ4n) is 5.69. The minimum atomic E-state index is 0.163. The Morgan fingerprint density at radius 1 is 1.08 bits per heavy atom. The van der Waals surface area contributed by atoms with Gasteiger partial charge in [0.1, 0.15) is 36.1 Å². The van der Waals surface area contributed by atoms with Crippen LogP contribution in [0.15, 0.2) is 73.7 Å². The van der Waals surface area contributed by atoms with E-state index >= 15 is 0 Å². The van der Waals surface area contributed by atoms with Crippen molar-refractivity contribution in [1.82, 2.24) is 18.9 Å². The zero-order chi connectivity index (χ0) is 25.3. The normalized spacial score (nSPS) is 12.1. The predicted molar refractivity (Wildman–Crippen MR) is 146 cm³/mol. The second kappa shape index (κ2) is 7.89. The first kappa shape index (κ1) is 21.6. The van der Waals surface area contributed by atoms with Gasteiger partial charge in [0.25, 0.3) is 0 Å². The van der Waals surface area contributed by atoms with Crippen molar-refractivity contribution in [2.75, 3.05) is 18.0 Å². The maximum absolute atomic E-state index is 11.6. The highest BCUT2D eigenvalue weighted by molar-refractivity contribution is 6.29. The molecule has 0 aliphatic heterocycles. The number of aromatic hydroxyl groups is 2. The third-order valence-corrected chi connectivity index (χ3v) is 7.48. The Labute approximate surface area is 212 Å². The highest BCUT2D eigenvalue weighted by atomic mass is 16.3. The smallest absolute Gasteiger partial charge is 0.243 e. The number of pyridine rings is 1. The van der Waals surface area contributed by atoms with Crippen LogP contribution in [0, 0.1) is 0 Å². The quantitative estimate of drug-likeness (QED) is 0.292. The van der Waals surface area contributed by atoms with E-state index < -0.39 is 0 Å². The first-order valence-electron chi connectivity index (χ1n) is 12.5. The maximum atomic E-state index is 11.6. The predicted octanol–water partition coefficient (Wildman–Crippen LogP) is 4.79. The minimum absolute atomic E-state index is 0.163. The van der Waals surface area contributed by atoms with Gasteiger partial charge in [0, 0.05) is 47.0 Å². The lowest BCUT2D eigenvalue weighted by molar-refractivity contribution is -0.671. The van der Waals surface area contributed by atoms with Gasteiger partial charge in [-0.1, -0.05) is 12.1 Å². The average molecular weight is 492 g/mol. The molecule has 0 bridgehead atoms. The molecule has 0 radical (unpaired) electrons. The Bertz CT molecular complexity index is 1910. The highest BCUT2D eigenvalue weighted by Gasteiger charge is 2.24. The molecule has 0 saturated carbocycles. The van der Waals surface area contributed by atoms with Crippen LogP contribution in [0.4, 0.5) is 5.69 Å². The Balaban J connectivity index is 1.38. The summed E-state index contributed by atoms with van der Waals surface area (Å²) in [4.78, 5) is 10.1. The number of anilines is 1. The Morgan fingerprint density at radius 3 is 2.68 bits per heavy atom. The number of imidazole rings is 2. The molecule has 4 heterocycles. The van der Waals surface area contributed by atoms with Crippen LogP contribution >= 0.6 is 0 Å². The summed E-state index contributed by atoms with van der Waals surface area (Å²) in [7, 11) is 2.03. The minimum Gasteiger partial charge on any atom is -0.507 e. The molecule has 184 valence electrons. The molecular weight excluding hydrogens is 464 g/mol. The number of hydrogen-bond acceptors (Lipinski definition) is 4. The zero-order valence-corrected chi connectivity index (χ0v) is 20.7. The number of nitrogens with one attached hydrogen (secondary N) is 1. The van der Waals surface area contributed by atoms with E-state index in [0.29, 0.717) is 10.9 Å². The van der Waals surface area contributed by atoms with E-state index in [-0.39, 0.29) is 11.5 Å². The summed E-state index contributed by atoms with van der Waals surface area (Å²) in [6, 6.07) is 12.1. The standard InChI is InChI=1S/C29H26N6O2/c1-3-34(13-12-33-11-10-32(2)17-33)20-6-4-18(5-7-20)25-28-24-19(15-23-30-8-9-35(23)28)14-22(36)21-16-31-27(26(21)24)29(25)37/h4-11,14-17H,3,12-13H2,1-2H3,(H2-,30,31,36,37)/p+1. The second-order valence-corrected chi connectivity index (χ2v) is 9.63. The van der Waals surface area contributed by atoms with Gasteiger partial charge in [-0.2, -0.15) is 0 Å². The molecule has 0 spiro atoms. The van der Waals surface area contributed by atoms with E-state index in [0.717, 1.165) is 63.8 Å². The van der Waals surface area contributed by atoms with E-state index in [1.165, 1.54) is 0 Å². The van der Waals surface area contributed by atoms with Gasteiger partial charge in [-0.15, -0.1) is 0 Å². The Hall–Kier alpha value is -4.72. The molecule has 0 aliphatic rings. The van der Waals surface area contributed by atoms with Gasteiger partial charge in [0.05, 0.1) is 30.2 Å². The lowest BCUT2D eigenvalue weighted by atomic mass is 9.93. The fourth-order valence-corrected chi connectivity index (χ4v) is 5.69. The molecule has 7 rings (SSSR count). The lowest BCUT2D eigenvalue weighted by Crippen LogP contribution is -2.28. The molecule has 4 aromatic heterocycles. The number of hydrogen-bond donors (Lipinski definition) is 3. The first-order valence-corrected chi connectivity index (χ1v) is 12.5. The molecule has 8 heteroatoms. The van der Waals surface area contributed by atoms with Crippen molar-refractivity contribution in [3.05, 3.63) is 73.7 Å². The van der Waals surface area contributed by atoms with Crippen molar-refractivity contribution in [3.8, 4) is 22.6 Å². The van der Waals surface area contributed by atoms with E-state index in [1.807, 2.05) is 34.5 Å². The molecule has 0 aliphatic carbocycles. The topological polar surface area (TPSA) is 85.6 Å². The second-order valence-electron chi connectivity index (χ2n) is 9.63. The van der Waals surface area contributed by atoms with Crippen molar-refractivity contribution >= 4 is 43.9 Å². The number of phenols is 2. The molecule has 8 nitrogen and oxygen atoms in total. The van der Waals surface area contributed by atoms with Gasteiger partial charge < -0.3 is 20.1 Å². The number of fused-ring (bicyclic) bond motifs is 2. The number of aryl methyl sites for hydroxylation is 1. The molecule has 0 unspecified atom stereocenters.